The molecule has 224 valence electrons. The number of nitrogens with two attached hydrogens (primary N) is 1. The van der Waals surface area contributed by atoms with Gasteiger partial charge in [-0.15, -0.1) is 0 Å². The number of nitrogens with zero attached hydrogens (tertiary/aromatic N) is 2. The van der Waals surface area contributed by atoms with Crippen molar-refractivity contribution in [3.63, 3.8) is 0 Å². The second kappa shape index (κ2) is 14.0. The fourth-order valence-electron chi connectivity index (χ4n) is 3.84. The van der Waals surface area contributed by atoms with Crippen molar-refractivity contribution in [2.75, 3.05) is 14.2 Å². The molecule has 0 saturated heterocycles. The molecule has 3 aromatic carbocycles. The van der Waals surface area contributed by atoms with Crippen LogP contribution in [0.4, 0.5) is 8.78 Å². The number of aryl methyl sites for hydroxylation is 2. The first-order chi connectivity index (χ1) is 20.6. The van der Waals surface area contributed by atoms with E-state index in [-0.39, 0.29) is 12.4 Å². The first-order valence-corrected chi connectivity index (χ1v) is 13.9. The van der Waals surface area contributed by atoms with Crippen molar-refractivity contribution in [2.45, 2.75) is 25.8 Å². The molecule has 43 heavy (non-hydrogen) atoms. The SMILES string of the molecule is COc1ccc(-c2nc(CBr)c(C)o2)cc1.COc1ccc(-c2nc(COc3ccc(F)c(C(N)=O)c3F)c(C)o2)cc1. The Kier molecular flexibility index (Phi) is 10.1. The Labute approximate surface area is 254 Å². The molecule has 2 aromatic heterocycles. The van der Waals surface area contributed by atoms with Crippen LogP contribution in [0.15, 0.2) is 69.5 Å². The zero-order chi connectivity index (χ0) is 31.1. The summed E-state index contributed by atoms with van der Waals surface area (Å²) in [5.41, 5.74) is 7.21. The van der Waals surface area contributed by atoms with Gasteiger partial charge in [0.05, 0.1) is 19.9 Å². The number of carbonyl (C=O) groups is 1. The van der Waals surface area contributed by atoms with Crippen LogP contribution in [0.25, 0.3) is 22.9 Å². The van der Waals surface area contributed by atoms with Gasteiger partial charge in [-0.3, -0.25) is 4.79 Å². The van der Waals surface area contributed by atoms with Crippen molar-refractivity contribution in [1.29, 1.82) is 0 Å². The highest BCUT2D eigenvalue weighted by Gasteiger charge is 2.20. The van der Waals surface area contributed by atoms with E-state index in [1.807, 2.05) is 31.2 Å². The Bertz CT molecular complexity index is 1700. The van der Waals surface area contributed by atoms with Gasteiger partial charge in [0, 0.05) is 16.5 Å². The van der Waals surface area contributed by atoms with Crippen LogP contribution in [0.3, 0.4) is 0 Å². The molecule has 0 bridgehead atoms. The molecule has 12 heteroatoms. The average Bonchev–Trinajstić information content (AvgIpc) is 3.58. The van der Waals surface area contributed by atoms with Crippen molar-refractivity contribution in [3.8, 4) is 40.2 Å². The largest absolute Gasteiger partial charge is 0.497 e. The van der Waals surface area contributed by atoms with Gasteiger partial charge in [0.25, 0.3) is 5.91 Å². The maximum Gasteiger partial charge on any atom is 0.254 e. The summed E-state index contributed by atoms with van der Waals surface area (Å²) in [6.07, 6.45) is 0. The predicted octanol–water partition coefficient (Wildman–Crippen LogP) is 7.17. The average molecular weight is 656 g/mol. The molecule has 0 aliphatic carbocycles. The number of primary amides is 1. The molecule has 5 aromatic rings. The Morgan fingerprint density at radius 3 is 1.74 bits per heavy atom. The second-order valence-corrected chi connectivity index (χ2v) is 9.58. The van der Waals surface area contributed by atoms with Crippen LogP contribution in [-0.4, -0.2) is 30.1 Å². The van der Waals surface area contributed by atoms with Crippen molar-refractivity contribution >= 4 is 21.8 Å². The van der Waals surface area contributed by atoms with E-state index in [1.165, 1.54) is 0 Å². The number of oxazole rings is 2. The highest BCUT2D eigenvalue weighted by Crippen LogP contribution is 2.28. The van der Waals surface area contributed by atoms with Crippen LogP contribution in [0.1, 0.15) is 33.3 Å². The standard InChI is InChI=1S/C19H16F2N2O4.C12H12BrNO2/c1-10-14(23-19(27-10)11-3-5-12(25-2)6-4-11)9-26-15-8-7-13(20)16(17(15)21)18(22)24;1-8-11(7-13)14-12(16-8)9-3-5-10(15-2)6-4-9/h3-8H,9H2,1-2H3,(H2,22,24);3-6H,7H2,1-2H3. The molecule has 1 amide bonds. The first kappa shape index (κ1) is 31.2. The summed E-state index contributed by atoms with van der Waals surface area (Å²) in [5, 5.41) is 0.707. The molecule has 0 fully saturated rings. The van der Waals surface area contributed by atoms with Crippen LogP contribution in [0.5, 0.6) is 17.2 Å². The van der Waals surface area contributed by atoms with E-state index < -0.39 is 23.1 Å². The van der Waals surface area contributed by atoms with Gasteiger partial charge >= 0.3 is 0 Å². The quantitative estimate of drug-likeness (QED) is 0.166. The summed E-state index contributed by atoms with van der Waals surface area (Å²) in [4.78, 5) is 19.9. The third kappa shape index (κ3) is 7.39. The summed E-state index contributed by atoms with van der Waals surface area (Å²) in [6, 6.07) is 16.7. The van der Waals surface area contributed by atoms with E-state index in [4.69, 9.17) is 28.8 Å². The number of hydrogen-bond acceptors (Lipinski definition) is 8. The summed E-state index contributed by atoms with van der Waals surface area (Å²) in [7, 11) is 3.21. The predicted molar refractivity (Wildman–Crippen MR) is 158 cm³/mol. The van der Waals surface area contributed by atoms with Crippen LogP contribution in [-0.2, 0) is 11.9 Å². The van der Waals surface area contributed by atoms with Crippen LogP contribution < -0.4 is 19.9 Å². The lowest BCUT2D eigenvalue weighted by molar-refractivity contribution is 0.0991. The molecular weight excluding hydrogens is 628 g/mol. The Morgan fingerprint density at radius 1 is 0.814 bits per heavy atom. The lowest BCUT2D eigenvalue weighted by atomic mass is 10.1. The third-order valence-electron chi connectivity index (χ3n) is 6.25. The van der Waals surface area contributed by atoms with Crippen molar-refractivity contribution in [3.05, 3.63) is 101 Å². The molecule has 0 radical (unpaired) electrons. The number of aromatic nitrogens is 2. The number of benzene rings is 3. The molecule has 0 unspecified atom stereocenters. The van der Waals surface area contributed by atoms with E-state index in [2.05, 4.69) is 25.9 Å². The van der Waals surface area contributed by atoms with Crippen molar-refractivity contribution < 1.29 is 36.6 Å². The fourth-order valence-corrected chi connectivity index (χ4v) is 4.37. The van der Waals surface area contributed by atoms with E-state index in [0.717, 1.165) is 40.5 Å². The number of alkyl halides is 1. The third-order valence-corrected chi connectivity index (χ3v) is 6.78. The number of carbonyl (C=O) groups excluding carboxylic acids is 1. The number of methoxy groups -OCH3 is 2. The molecule has 0 saturated carbocycles. The first-order valence-electron chi connectivity index (χ1n) is 12.8. The minimum atomic E-state index is -1.21. The smallest absolute Gasteiger partial charge is 0.254 e. The maximum absolute atomic E-state index is 14.2. The Balaban J connectivity index is 0.000000225. The lowest BCUT2D eigenvalue weighted by Crippen LogP contribution is -2.16. The van der Waals surface area contributed by atoms with Gasteiger partial charge in [0.2, 0.25) is 11.8 Å². The van der Waals surface area contributed by atoms with E-state index in [0.29, 0.717) is 34.3 Å². The second-order valence-electron chi connectivity index (χ2n) is 9.02. The van der Waals surface area contributed by atoms with E-state index >= 15 is 0 Å². The van der Waals surface area contributed by atoms with Crippen LogP contribution >= 0.6 is 15.9 Å². The van der Waals surface area contributed by atoms with Crippen LogP contribution in [0.2, 0.25) is 0 Å². The normalized spacial score (nSPS) is 10.6. The molecule has 9 nitrogen and oxygen atoms in total. The van der Waals surface area contributed by atoms with E-state index in [9.17, 15) is 13.6 Å². The van der Waals surface area contributed by atoms with Gasteiger partial charge in [-0.05, 0) is 74.5 Å². The topological polar surface area (TPSA) is 123 Å². The van der Waals surface area contributed by atoms with E-state index in [1.54, 1.807) is 45.4 Å². The molecule has 2 N–H and O–H groups in total. The van der Waals surface area contributed by atoms with Gasteiger partial charge in [-0.1, -0.05) is 15.9 Å². The zero-order valence-corrected chi connectivity index (χ0v) is 25.3. The summed E-state index contributed by atoms with van der Waals surface area (Å²) in [5.74, 6) is 0.150. The summed E-state index contributed by atoms with van der Waals surface area (Å²) in [6.45, 7) is 3.47. The maximum atomic E-state index is 14.2. The highest BCUT2D eigenvalue weighted by molar-refractivity contribution is 9.08. The van der Waals surface area contributed by atoms with Gasteiger partial charge in [0.15, 0.2) is 11.6 Å². The van der Waals surface area contributed by atoms with Gasteiger partial charge in [-0.25, -0.2) is 18.7 Å². The van der Waals surface area contributed by atoms with Crippen molar-refractivity contribution in [1.82, 2.24) is 9.97 Å². The molecule has 0 atom stereocenters. The minimum Gasteiger partial charge on any atom is -0.497 e. The van der Waals surface area contributed by atoms with Crippen LogP contribution in [0, 0.1) is 25.5 Å². The minimum absolute atomic E-state index is 0.133. The summed E-state index contributed by atoms with van der Waals surface area (Å²) >= 11 is 3.37. The molecule has 0 spiro atoms. The van der Waals surface area contributed by atoms with Gasteiger partial charge < -0.3 is 28.8 Å². The number of ether oxygens (including phenoxy) is 3. The van der Waals surface area contributed by atoms with Crippen molar-refractivity contribution in [2.24, 2.45) is 5.73 Å². The number of hydrogen-bond donors (Lipinski definition) is 1. The Morgan fingerprint density at radius 2 is 1.30 bits per heavy atom. The highest BCUT2D eigenvalue weighted by atomic mass is 79.9. The lowest BCUT2D eigenvalue weighted by Gasteiger charge is -2.08. The Hall–Kier alpha value is -4.71. The molecular formula is C31H28BrF2N3O6. The van der Waals surface area contributed by atoms with Gasteiger partial charge in [0.1, 0.15) is 46.7 Å². The number of halogens is 3. The molecule has 2 heterocycles. The zero-order valence-electron chi connectivity index (χ0n) is 23.7. The molecule has 0 aliphatic heterocycles. The summed E-state index contributed by atoms with van der Waals surface area (Å²) < 4.78 is 54.5. The van der Waals surface area contributed by atoms with Gasteiger partial charge in [-0.2, -0.15) is 0 Å². The number of rotatable bonds is 9. The number of amides is 1. The monoisotopic (exact) mass is 655 g/mol. The molecule has 5 rings (SSSR count). The molecule has 0 aliphatic rings. The fraction of sp³-hybridized carbons (Fsp3) is 0.194.